The number of hydrogen-bond donors (Lipinski definition) is 0. The average Bonchev–Trinajstić information content (AvgIpc) is 2.57. The van der Waals surface area contributed by atoms with Gasteiger partial charge >= 0.3 is 0 Å². The molecule has 3 heteroatoms. The van der Waals surface area contributed by atoms with Gasteiger partial charge in [-0.25, -0.2) is 4.99 Å². The van der Waals surface area contributed by atoms with Gasteiger partial charge in [-0.05, 0) is 37.1 Å². The highest BCUT2D eigenvalue weighted by Gasteiger charge is 2.04. The summed E-state index contributed by atoms with van der Waals surface area (Å²) in [6.45, 7) is 2.31. The van der Waals surface area contributed by atoms with Crippen molar-refractivity contribution in [1.82, 2.24) is 4.90 Å². The Balaban J connectivity index is 1.94. The molecule has 1 aromatic carbocycles. The highest BCUT2D eigenvalue weighted by Crippen LogP contribution is 2.16. The summed E-state index contributed by atoms with van der Waals surface area (Å²) in [5.41, 5.74) is 1.02. The molecule has 1 heterocycles. The lowest BCUT2D eigenvalue weighted by molar-refractivity contribution is 0.448. The van der Waals surface area contributed by atoms with E-state index in [0.29, 0.717) is 0 Å². The van der Waals surface area contributed by atoms with E-state index in [9.17, 15) is 0 Å². The number of halogens is 1. The molecule has 0 spiro atoms. The highest BCUT2D eigenvalue weighted by atomic mass is 79.9. The van der Waals surface area contributed by atoms with Gasteiger partial charge in [0.15, 0.2) is 0 Å². The van der Waals surface area contributed by atoms with Crippen LogP contribution in [0.3, 0.4) is 0 Å². The van der Waals surface area contributed by atoms with Crippen molar-refractivity contribution >= 4 is 28.0 Å². The molecular weight excluding hydrogens is 264 g/mol. The fourth-order valence-corrected chi connectivity index (χ4v) is 2.15. The third-order valence-corrected chi connectivity index (χ3v) is 3.37. The second-order valence-corrected chi connectivity index (χ2v) is 5.09. The first kappa shape index (κ1) is 11.6. The van der Waals surface area contributed by atoms with E-state index in [-0.39, 0.29) is 0 Å². The standard InChI is InChI=1S/C13H17BrN2/c14-12-5-7-13(8-6-12)15-11-16-9-3-1-2-4-10-16/h5-8,11H,1-4,9-10H2. The number of likely N-dealkylation sites (tertiary alicyclic amines) is 1. The van der Waals surface area contributed by atoms with Crippen LogP contribution >= 0.6 is 15.9 Å². The van der Waals surface area contributed by atoms with Gasteiger partial charge in [0.25, 0.3) is 0 Å². The zero-order valence-electron chi connectivity index (χ0n) is 9.40. The van der Waals surface area contributed by atoms with Crippen LogP contribution in [-0.4, -0.2) is 24.3 Å². The summed E-state index contributed by atoms with van der Waals surface area (Å²) in [5.74, 6) is 0. The molecule has 16 heavy (non-hydrogen) atoms. The molecule has 0 unspecified atom stereocenters. The summed E-state index contributed by atoms with van der Waals surface area (Å²) in [5, 5.41) is 0. The monoisotopic (exact) mass is 280 g/mol. The summed E-state index contributed by atoms with van der Waals surface area (Å²) >= 11 is 3.42. The van der Waals surface area contributed by atoms with E-state index in [0.717, 1.165) is 23.2 Å². The molecule has 0 saturated carbocycles. The Morgan fingerprint density at radius 2 is 1.62 bits per heavy atom. The van der Waals surface area contributed by atoms with Crippen LogP contribution in [0, 0.1) is 0 Å². The molecule has 0 amide bonds. The lowest BCUT2D eigenvalue weighted by Crippen LogP contribution is -2.22. The minimum Gasteiger partial charge on any atom is -0.363 e. The van der Waals surface area contributed by atoms with E-state index in [1.54, 1.807) is 0 Å². The van der Waals surface area contributed by atoms with Crippen molar-refractivity contribution in [3.05, 3.63) is 28.7 Å². The summed E-state index contributed by atoms with van der Waals surface area (Å²) < 4.78 is 1.10. The van der Waals surface area contributed by atoms with Gasteiger partial charge in [-0.2, -0.15) is 0 Å². The van der Waals surface area contributed by atoms with E-state index in [4.69, 9.17) is 0 Å². The molecular formula is C13H17BrN2. The fourth-order valence-electron chi connectivity index (χ4n) is 1.89. The Hall–Kier alpha value is -0.830. The van der Waals surface area contributed by atoms with Gasteiger partial charge in [0.05, 0.1) is 12.0 Å². The second-order valence-electron chi connectivity index (χ2n) is 4.17. The molecule has 2 rings (SSSR count). The maximum Gasteiger partial charge on any atom is 0.0912 e. The quantitative estimate of drug-likeness (QED) is 0.591. The Labute approximate surface area is 106 Å². The average molecular weight is 281 g/mol. The molecule has 86 valence electrons. The van der Waals surface area contributed by atoms with Gasteiger partial charge in [-0.1, -0.05) is 28.8 Å². The van der Waals surface area contributed by atoms with Gasteiger partial charge < -0.3 is 4.90 Å². The highest BCUT2D eigenvalue weighted by molar-refractivity contribution is 9.10. The third kappa shape index (κ3) is 3.63. The second kappa shape index (κ2) is 6.04. The van der Waals surface area contributed by atoms with E-state index in [1.165, 1.54) is 25.7 Å². The van der Waals surface area contributed by atoms with Crippen molar-refractivity contribution in [2.24, 2.45) is 4.99 Å². The largest absolute Gasteiger partial charge is 0.363 e. The minimum atomic E-state index is 1.02. The predicted octanol–water partition coefficient (Wildman–Crippen LogP) is 3.98. The molecule has 0 aromatic heterocycles. The molecule has 1 saturated heterocycles. The number of nitrogens with zero attached hydrogens (tertiary/aromatic N) is 2. The maximum absolute atomic E-state index is 4.49. The van der Waals surface area contributed by atoms with Crippen molar-refractivity contribution < 1.29 is 0 Å². The number of hydrogen-bond acceptors (Lipinski definition) is 1. The molecule has 0 N–H and O–H groups in total. The van der Waals surface area contributed by atoms with Crippen LogP contribution in [0.5, 0.6) is 0 Å². The lowest BCUT2D eigenvalue weighted by atomic mass is 10.2. The van der Waals surface area contributed by atoms with E-state index < -0.39 is 0 Å². The van der Waals surface area contributed by atoms with Gasteiger partial charge in [0, 0.05) is 17.6 Å². The SMILES string of the molecule is Brc1ccc(N=CN2CCCCCC2)cc1. The minimum absolute atomic E-state index is 1.02. The Morgan fingerprint density at radius 3 is 2.25 bits per heavy atom. The molecule has 0 radical (unpaired) electrons. The summed E-state index contributed by atoms with van der Waals surface area (Å²) in [7, 11) is 0. The van der Waals surface area contributed by atoms with Crippen LogP contribution in [0.4, 0.5) is 5.69 Å². The zero-order valence-corrected chi connectivity index (χ0v) is 11.0. The van der Waals surface area contributed by atoms with Crippen LogP contribution in [0.15, 0.2) is 33.7 Å². The summed E-state index contributed by atoms with van der Waals surface area (Å²) in [6.07, 6.45) is 7.32. The first-order valence-electron chi connectivity index (χ1n) is 5.88. The van der Waals surface area contributed by atoms with Crippen LogP contribution in [0.25, 0.3) is 0 Å². The van der Waals surface area contributed by atoms with Crippen LogP contribution in [0.2, 0.25) is 0 Å². The van der Waals surface area contributed by atoms with Crippen LogP contribution in [0.1, 0.15) is 25.7 Å². The Kier molecular flexibility index (Phi) is 4.40. The smallest absolute Gasteiger partial charge is 0.0912 e. The molecule has 0 bridgehead atoms. The molecule has 0 aliphatic carbocycles. The molecule has 1 fully saturated rings. The van der Waals surface area contributed by atoms with Crippen molar-refractivity contribution in [2.75, 3.05) is 13.1 Å². The van der Waals surface area contributed by atoms with Crippen molar-refractivity contribution in [3.63, 3.8) is 0 Å². The zero-order chi connectivity index (χ0) is 11.2. The van der Waals surface area contributed by atoms with Gasteiger partial charge in [-0.3, -0.25) is 0 Å². The molecule has 1 aliphatic rings. The first-order valence-corrected chi connectivity index (χ1v) is 6.68. The lowest BCUT2D eigenvalue weighted by Gasteiger charge is -2.15. The topological polar surface area (TPSA) is 15.6 Å². The number of aliphatic imine (C=N–C) groups is 1. The van der Waals surface area contributed by atoms with Crippen molar-refractivity contribution in [1.29, 1.82) is 0 Å². The Morgan fingerprint density at radius 1 is 1.00 bits per heavy atom. The summed E-state index contributed by atoms with van der Waals surface area (Å²) in [6, 6.07) is 8.10. The van der Waals surface area contributed by atoms with Gasteiger partial charge in [0.2, 0.25) is 0 Å². The molecule has 2 nitrogen and oxygen atoms in total. The third-order valence-electron chi connectivity index (χ3n) is 2.84. The van der Waals surface area contributed by atoms with E-state index in [1.807, 2.05) is 30.6 Å². The van der Waals surface area contributed by atoms with Gasteiger partial charge in [0.1, 0.15) is 0 Å². The summed E-state index contributed by atoms with van der Waals surface area (Å²) in [4.78, 5) is 6.82. The molecule has 1 aromatic rings. The molecule has 1 aliphatic heterocycles. The fraction of sp³-hybridized carbons (Fsp3) is 0.462. The number of benzene rings is 1. The van der Waals surface area contributed by atoms with Crippen molar-refractivity contribution in [2.45, 2.75) is 25.7 Å². The van der Waals surface area contributed by atoms with E-state index in [2.05, 4.69) is 25.8 Å². The maximum atomic E-state index is 4.49. The first-order chi connectivity index (χ1) is 7.84. The van der Waals surface area contributed by atoms with Crippen molar-refractivity contribution in [3.8, 4) is 0 Å². The normalized spacial score (nSPS) is 17.7. The number of rotatable bonds is 2. The van der Waals surface area contributed by atoms with Crippen LogP contribution < -0.4 is 0 Å². The Bertz CT molecular complexity index is 337. The van der Waals surface area contributed by atoms with E-state index >= 15 is 0 Å². The molecule has 0 atom stereocenters. The van der Waals surface area contributed by atoms with Gasteiger partial charge in [-0.15, -0.1) is 0 Å². The predicted molar refractivity (Wildman–Crippen MR) is 72.3 cm³/mol. The van der Waals surface area contributed by atoms with Crippen LogP contribution in [-0.2, 0) is 0 Å².